The number of amidine groups is 1. The van der Waals surface area contributed by atoms with Gasteiger partial charge in [0.1, 0.15) is 17.3 Å². The number of anilines is 1. The highest BCUT2D eigenvalue weighted by Gasteiger charge is 2.30. The standard InChI is InChI=1S/C13H17F2N3O3/c1-7-6-21-9(5-19)4-18(7)12-10(14)2-8(3-11(12)15)13(16)17-20/h2-3,7,9,19-20H,4-6H2,1H3,(H2,16,17). The fraction of sp³-hybridized carbons (Fsp3) is 0.462. The zero-order valence-electron chi connectivity index (χ0n) is 11.5. The van der Waals surface area contributed by atoms with Gasteiger partial charge in [0.2, 0.25) is 0 Å². The van der Waals surface area contributed by atoms with Crippen LogP contribution in [0.15, 0.2) is 17.3 Å². The van der Waals surface area contributed by atoms with E-state index in [1.807, 2.05) is 0 Å². The van der Waals surface area contributed by atoms with Gasteiger partial charge in [-0.2, -0.15) is 0 Å². The van der Waals surface area contributed by atoms with E-state index in [0.717, 1.165) is 12.1 Å². The number of nitrogens with two attached hydrogens (primary N) is 1. The SMILES string of the molecule is CC1COC(CO)CN1c1c(F)cc(C(N)=NO)cc1F. The molecule has 0 spiro atoms. The van der Waals surface area contributed by atoms with Crippen molar-refractivity contribution in [2.24, 2.45) is 10.9 Å². The number of oxime groups is 1. The summed E-state index contributed by atoms with van der Waals surface area (Å²) in [6.45, 7) is 1.97. The van der Waals surface area contributed by atoms with E-state index in [1.54, 1.807) is 6.92 Å². The molecule has 1 aliphatic rings. The molecule has 1 aliphatic heterocycles. The Hall–Kier alpha value is -1.93. The maximum atomic E-state index is 14.2. The van der Waals surface area contributed by atoms with Gasteiger partial charge < -0.3 is 25.7 Å². The van der Waals surface area contributed by atoms with Crippen molar-refractivity contribution in [1.82, 2.24) is 0 Å². The topological polar surface area (TPSA) is 91.3 Å². The molecule has 21 heavy (non-hydrogen) atoms. The van der Waals surface area contributed by atoms with Crippen molar-refractivity contribution in [3.05, 3.63) is 29.3 Å². The fourth-order valence-corrected chi connectivity index (χ4v) is 2.28. The van der Waals surface area contributed by atoms with Crippen molar-refractivity contribution >= 4 is 11.5 Å². The molecule has 0 aromatic heterocycles. The first kappa shape index (κ1) is 15.5. The van der Waals surface area contributed by atoms with Crippen molar-refractivity contribution in [3.63, 3.8) is 0 Å². The van der Waals surface area contributed by atoms with Crippen molar-refractivity contribution in [3.8, 4) is 0 Å². The summed E-state index contributed by atoms with van der Waals surface area (Å²) in [5.41, 5.74) is 5.08. The summed E-state index contributed by atoms with van der Waals surface area (Å²) in [7, 11) is 0. The number of morpholine rings is 1. The number of hydrogen-bond acceptors (Lipinski definition) is 5. The lowest BCUT2D eigenvalue weighted by molar-refractivity contribution is -0.0107. The number of ether oxygens (including phenoxy) is 1. The number of hydrogen-bond donors (Lipinski definition) is 3. The highest BCUT2D eigenvalue weighted by Crippen LogP contribution is 2.29. The zero-order valence-corrected chi connectivity index (χ0v) is 11.5. The summed E-state index contributed by atoms with van der Waals surface area (Å²) in [5, 5.41) is 20.4. The summed E-state index contributed by atoms with van der Waals surface area (Å²) in [6, 6.07) is 1.76. The van der Waals surface area contributed by atoms with Gasteiger partial charge in [-0.3, -0.25) is 0 Å². The van der Waals surface area contributed by atoms with Gasteiger partial charge >= 0.3 is 0 Å². The van der Waals surface area contributed by atoms with E-state index in [1.165, 1.54) is 4.90 Å². The van der Waals surface area contributed by atoms with E-state index < -0.39 is 17.7 Å². The molecule has 2 atom stereocenters. The van der Waals surface area contributed by atoms with Crippen LogP contribution < -0.4 is 10.6 Å². The Balaban J connectivity index is 2.39. The average Bonchev–Trinajstić information content (AvgIpc) is 2.47. The second kappa shape index (κ2) is 6.23. The van der Waals surface area contributed by atoms with Crippen LogP contribution in [0.1, 0.15) is 12.5 Å². The van der Waals surface area contributed by atoms with Crippen molar-refractivity contribution in [1.29, 1.82) is 0 Å². The van der Waals surface area contributed by atoms with Gasteiger partial charge in [0.25, 0.3) is 0 Å². The molecule has 0 bridgehead atoms. The second-order valence-corrected chi connectivity index (χ2v) is 4.91. The first-order chi connectivity index (χ1) is 9.97. The quantitative estimate of drug-likeness (QED) is 0.330. The van der Waals surface area contributed by atoms with Crippen LogP contribution >= 0.6 is 0 Å². The molecule has 1 fully saturated rings. The smallest absolute Gasteiger partial charge is 0.170 e. The van der Waals surface area contributed by atoms with Crippen molar-refractivity contribution in [2.75, 3.05) is 24.7 Å². The van der Waals surface area contributed by atoms with Crippen LogP contribution in [0, 0.1) is 11.6 Å². The fourth-order valence-electron chi connectivity index (χ4n) is 2.28. The van der Waals surface area contributed by atoms with E-state index in [9.17, 15) is 8.78 Å². The molecule has 8 heteroatoms. The van der Waals surface area contributed by atoms with Gasteiger partial charge in [-0.25, -0.2) is 8.78 Å². The molecule has 1 saturated heterocycles. The minimum atomic E-state index is -0.818. The minimum Gasteiger partial charge on any atom is -0.409 e. The van der Waals surface area contributed by atoms with Crippen LogP contribution in [-0.4, -0.2) is 48.1 Å². The Bertz CT molecular complexity index is 530. The van der Waals surface area contributed by atoms with Crippen LogP contribution in [-0.2, 0) is 4.74 Å². The van der Waals surface area contributed by atoms with Gasteiger partial charge in [0.05, 0.1) is 19.3 Å². The molecular formula is C13H17F2N3O3. The van der Waals surface area contributed by atoms with Crippen molar-refractivity contribution in [2.45, 2.75) is 19.1 Å². The number of benzene rings is 1. The summed E-state index contributed by atoms with van der Waals surface area (Å²) >= 11 is 0. The minimum absolute atomic E-state index is 0.0455. The number of aliphatic hydroxyl groups excluding tert-OH is 1. The molecule has 1 heterocycles. The predicted octanol–water partition coefficient (Wildman–Crippen LogP) is 0.645. The van der Waals surface area contributed by atoms with E-state index in [0.29, 0.717) is 0 Å². The summed E-state index contributed by atoms with van der Waals surface area (Å²) in [4.78, 5) is 1.51. The first-order valence-corrected chi connectivity index (χ1v) is 6.44. The molecule has 4 N–H and O–H groups in total. The zero-order chi connectivity index (χ0) is 15.6. The summed E-state index contributed by atoms with van der Waals surface area (Å²) in [5.74, 6) is -2.01. The van der Waals surface area contributed by atoms with Crippen LogP contribution in [0.2, 0.25) is 0 Å². The van der Waals surface area contributed by atoms with Crippen LogP contribution in [0.25, 0.3) is 0 Å². The van der Waals surface area contributed by atoms with Gasteiger partial charge in [0.15, 0.2) is 5.84 Å². The maximum Gasteiger partial charge on any atom is 0.170 e. The third-order valence-corrected chi connectivity index (χ3v) is 3.42. The molecular weight excluding hydrogens is 284 g/mol. The predicted molar refractivity (Wildman–Crippen MR) is 72.5 cm³/mol. The number of rotatable bonds is 3. The van der Waals surface area contributed by atoms with E-state index >= 15 is 0 Å². The Morgan fingerprint density at radius 1 is 1.48 bits per heavy atom. The highest BCUT2D eigenvalue weighted by molar-refractivity contribution is 5.97. The molecule has 2 unspecified atom stereocenters. The Labute approximate surface area is 120 Å². The van der Waals surface area contributed by atoms with Gasteiger partial charge in [-0.05, 0) is 19.1 Å². The number of nitrogens with zero attached hydrogens (tertiary/aromatic N) is 2. The molecule has 0 radical (unpaired) electrons. The van der Waals surface area contributed by atoms with E-state index in [4.69, 9.17) is 20.8 Å². The Morgan fingerprint density at radius 2 is 2.10 bits per heavy atom. The molecule has 116 valence electrons. The third kappa shape index (κ3) is 3.06. The molecule has 0 amide bonds. The molecule has 1 aromatic rings. The van der Waals surface area contributed by atoms with Gasteiger partial charge in [0, 0.05) is 18.2 Å². The lowest BCUT2D eigenvalue weighted by atomic mass is 10.1. The lowest BCUT2D eigenvalue weighted by Crippen LogP contribution is -2.50. The molecule has 1 aromatic carbocycles. The van der Waals surface area contributed by atoms with Crippen molar-refractivity contribution < 1.29 is 23.8 Å². The molecule has 2 rings (SSSR count). The Morgan fingerprint density at radius 3 is 2.62 bits per heavy atom. The second-order valence-electron chi connectivity index (χ2n) is 4.91. The normalized spacial score (nSPS) is 23.4. The van der Waals surface area contributed by atoms with Crippen LogP contribution in [0.3, 0.4) is 0 Å². The monoisotopic (exact) mass is 301 g/mol. The molecule has 6 nitrogen and oxygen atoms in total. The van der Waals surface area contributed by atoms with Crippen LogP contribution in [0.4, 0.5) is 14.5 Å². The highest BCUT2D eigenvalue weighted by atomic mass is 19.1. The Kier molecular flexibility index (Phi) is 4.59. The largest absolute Gasteiger partial charge is 0.409 e. The van der Waals surface area contributed by atoms with Crippen LogP contribution in [0.5, 0.6) is 0 Å². The average molecular weight is 301 g/mol. The number of aliphatic hydroxyl groups is 1. The lowest BCUT2D eigenvalue weighted by Gasteiger charge is -2.39. The molecule has 0 saturated carbocycles. The number of halogens is 2. The summed E-state index contributed by atoms with van der Waals surface area (Å²) in [6.07, 6.45) is -0.497. The van der Waals surface area contributed by atoms with E-state index in [2.05, 4.69) is 5.16 Å². The van der Waals surface area contributed by atoms with E-state index in [-0.39, 0.29) is 42.9 Å². The summed E-state index contributed by atoms with van der Waals surface area (Å²) < 4.78 is 33.8. The van der Waals surface area contributed by atoms with Gasteiger partial charge in [-0.1, -0.05) is 5.16 Å². The van der Waals surface area contributed by atoms with Gasteiger partial charge in [-0.15, -0.1) is 0 Å². The first-order valence-electron chi connectivity index (χ1n) is 6.44. The molecule has 0 aliphatic carbocycles. The third-order valence-electron chi connectivity index (χ3n) is 3.42. The maximum absolute atomic E-state index is 14.2.